The SMILES string of the molecule is c1ccc(-c2cccc(-c3nc(-c4ccc(-c5cccc6ccc7nc(-c8ccccc8)oc7c56)cc4)nc(-c4ccc5c(c4)sc4ccccc45)n3)c2)cc1. The molecule has 0 aliphatic carbocycles. The summed E-state index contributed by atoms with van der Waals surface area (Å²) in [5.41, 5.74) is 9.71. The lowest BCUT2D eigenvalue weighted by Gasteiger charge is -2.11. The van der Waals surface area contributed by atoms with E-state index in [9.17, 15) is 0 Å². The first-order valence-corrected chi connectivity index (χ1v) is 19.4. The predicted molar refractivity (Wildman–Crippen MR) is 230 cm³/mol. The molecule has 6 heteroatoms. The summed E-state index contributed by atoms with van der Waals surface area (Å²) < 4.78 is 8.94. The van der Waals surface area contributed by atoms with Gasteiger partial charge < -0.3 is 4.42 Å². The zero-order chi connectivity index (χ0) is 37.0. The Hall–Kier alpha value is -7.28. The number of aromatic nitrogens is 4. The van der Waals surface area contributed by atoms with Crippen LogP contribution in [0.1, 0.15) is 0 Å². The van der Waals surface area contributed by atoms with E-state index in [1.54, 1.807) is 11.3 Å². The van der Waals surface area contributed by atoms with Crippen LogP contribution in [0.25, 0.3) is 110 Å². The maximum absolute atomic E-state index is 6.48. The average molecular weight is 735 g/mol. The third-order valence-electron chi connectivity index (χ3n) is 10.4. The van der Waals surface area contributed by atoms with Crippen molar-refractivity contribution >= 4 is 53.4 Å². The fourth-order valence-electron chi connectivity index (χ4n) is 7.60. The summed E-state index contributed by atoms with van der Waals surface area (Å²) in [6.45, 7) is 0. The molecule has 0 fully saturated rings. The van der Waals surface area contributed by atoms with Crippen LogP contribution in [0.4, 0.5) is 0 Å². The van der Waals surface area contributed by atoms with E-state index in [1.165, 1.54) is 20.2 Å². The molecule has 8 aromatic carbocycles. The molecule has 5 nitrogen and oxygen atoms in total. The molecule has 0 saturated carbocycles. The molecular weight excluding hydrogens is 705 g/mol. The maximum atomic E-state index is 6.48. The van der Waals surface area contributed by atoms with Gasteiger partial charge in [-0.1, -0.05) is 146 Å². The fraction of sp³-hybridized carbons (Fsp3) is 0. The number of fused-ring (bicyclic) bond motifs is 6. The molecule has 0 aliphatic heterocycles. The first kappa shape index (κ1) is 32.2. The molecule has 0 spiro atoms. The summed E-state index contributed by atoms with van der Waals surface area (Å²) in [6.07, 6.45) is 0. The number of thiophene rings is 1. The summed E-state index contributed by atoms with van der Waals surface area (Å²) in [6, 6.07) is 62.9. The number of rotatable bonds is 6. The Morgan fingerprint density at radius 1 is 0.375 bits per heavy atom. The topological polar surface area (TPSA) is 64.7 Å². The van der Waals surface area contributed by atoms with Crippen molar-refractivity contribution in [2.45, 2.75) is 0 Å². The predicted octanol–water partition coefficient (Wildman–Crippen LogP) is 13.5. The number of hydrogen-bond acceptors (Lipinski definition) is 6. The molecular formula is C50H30N4OS. The maximum Gasteiger partial charge on any atom is 0.227 e. The van der Waals surface area contributed by atoms with Gasteiger partial charge >= 0.3 is 0 Å². The number of nitrogens with zero attached hydrogens (tertiary/aromatic N) is 4. The second-order valence-corrected chi connectivity index (χ2v) is 14.9. The first-order chi connectivity index (χ1) is 27.7. The van der Waals surface area contributed by atoms with Crippen molar-refractivity contribution in [1.29, 1.82) is 0 Å². The van der Waals surface area contributed by atoms with Gasteiger partial charge in [-0.05, 0) is 64.0 Å². The van der Waals surface area contributed by atoms with Crippen molar-refractivity contribution < 1.29 is 4.42 Å². The van der Waals surface area contributed by atoms with Gasteiger partial charge in [0.15, 0.2) is 23.1 Å². The van der Waals surface area contributed by atoms with E-state index in [1.807, 2.05) is 42.5 Å². The van der Waals surface area contributed by atoms with Crippen LogP contribution in [-0.4, -0.2) is 19.9 Å². The number of oxazole rings is 1. The van der Waals surface area contributed by atoms with Gasteiger partial charge in [0.05, 0.1) is 0 Å². The van der Waals surface area contributed by atoms with Crippen LogP contribution in [0.5, 0.6) is 0 Å². The summed E-state index contributed by atoms with van der Waals surface area (Å²) in [5, 5.41) is 4.63. The number of hydrogen-bond donors (Lipinski definition) is 0. The average Bonchev–Trinajstić information content (AvgIpc) is 3.89. The Morgan fingerprint density at radius 3 is 1.79 bits per heavy atom. The minimum Gasteiger partial charge on any atom is -0.435 e. The zero-order valence-corrected chi connectivity index (χ0v) is 30.7. The van der Waals surface area contributed by atoms with Crippen LogP contribution in [0, 0.1) is 0 Å². The molecule has 3 heterocycles. The fourth-order valence-corrected chi connectivity index (χ4v) is 8.74. The van der Waals surface area contributed by atoms with E-state index in [0.717, 1.165) is 66.4 Å². The van der Waals surface area contributed by atoms with E-state index in [2.05, 4.69) is 140 Å². The Labute approximate surface area is 326 Å². The molecule has 0 aliphatic rings. The van der Waals surface area contributed by atoms with E-state index in [4.69, 9.17) is 24.4 Å². The summed E-state index contributed by atoms with van der Waals surface area (Å²) in [4.78, 5) is 20.2. The van der Waals surface area contributed by atoms with E-state index >= 15 is 0 Å². The molecule has 56 heavy (non-hydrogen) atoms. The summed E-state index contributed by atoms with van der Waals surface area (Å²) >= 11 is 1.79. The standard InChI is InChI=1S/C50H30N4OS/c1-3-11-31(12-4-1)36-16-9-17-37(29-36)48-52-47(53-49(54-48)38-25-27-41-40-18-7-8-20-43(40)56-44(41)30-38)34-23-21-32(22-24-34)39-19-10-15-33-26-28-42-46(45(33)39)55-50(51-42)35-13-5-2-6-14-35/h1-30H. The van der Waals surface area contributed by atoms with Gasteiger partial charge in [0.1, 0.15) is 5.52 Å². The van der Waals surface area contributed by atoms with Crippen LogP contribution < -0.4 is 0 Å². The van der Waals surface area contributed by atoms with Crippen molar-refractivity contribution in [2.75, 3.05) is 0 Å². The van der Waals surface area contributed by atoms with E-state index in [0.29, 0.717) is 23.4 Å². The Bertz CT molecular complexity index is 3240. The quantitative estimate of drug-likeness (QED) is 0.170. The van der Waals surface area contributed by atoms with Crippen LogP contribution >= 0.6 is 11.3 Å². The highest BCUT2D eigenvalue weighted by Gasteiger charge is 2.17. The van der Waals surface area contributed by atoms with Gasteiger partial charge in [0.2, 0.25) is 5.89 Å². The zero-order valence-electron chi connectivity index (χ0n) is 29.9. The third-order valence-corrected chi connectivity index (χ3v) is 11.5. The molecule has 0 bridgehead atoms. The van der Waals surface area contributed by atoms with E-state index in [-0.39, 0.29) is 0 Å². The molecule has 262 valence electrons. The molecule has 0 saturated heterocycles. The van der Waals surface area contributed by atoms with Crippen molar-refractivity contribution in [1.82, 2.24) is 19.9 Å². The molecule has 0 unspecified atom stereocenters. The van der Waals surface area contributed by atoms with Gasteiger partial charge in [-0.25, -0.2) is 19.9 Å². The van der Waals surface area contributed by atoms with Gasteiger partial charge in [-0.2, -0.15) is 0 Å². The Kier molecular flexibility index (Phi) is 7.60. The van der Waals surface area contributed by atoms with E-state index < -0.39 is 0 Å². The highest BCUT2D eigenvalue weighted by Crippen LogP contribution is 2.39. The van der Waals surface area contributed by atoms with Crippen molar-refractivity contribution in [3.63, 3.8) is 0 Å². The van der Waals surface area contributed by atoms with Crippen molar-refractivity contribution in [3.8, 4) is 67.9 Å². The largest absolute Gasteiger partial charge is 0.435 e. The van der Waals surface area contributed by atoms with Crippen LogP contribution in [0.2, 0.25) is 0 Å². The normalized spacial score (nSPS) is 11.6. The van der Waals surface area contributed by atoms with Gasteiger partial charge in [0.25, 0.3) is 0 Å². The van der Waals surface area contributed by atoms with Gasteiger partial charge in [-0.15, -0.1) is 11.3 Å². The summed E-state index contributed by atoms with van der Waals surface area (Å²) in [5.74, 6) is 2.48. The highest BCUT2D eigenvalue weighted by atomic mass is 32.1. The lowest BCUT2D eigenvalue weighted by Crippen LogP contribution is -2.00. The minimum atomic E-state index is 0.612. The molecule has 0 radical (unpaired) electrons. The second kappa shape index (κ2) is 13.2. The van der Waals surface area contributed by atoms with Gasteiger partial charge in [-0.3, -0.25) is 0 Å². The van der Waals surface area contributed by atoms with Crippen LogP contribution in [0.3, 0.4) is 0 Å². The molecule has 11 aromatic rings. The molecule has 0 atom stereocenters. The van der Waals surface area contributed by atoms with Crippen LogP contribution in [-0.2, 0) is 0 Å². The second-order valence-electron chi connectivity index (χ2n) is 13.8. The molecule has 11 rings (SSSR count). The molecule has 0 N–H and O–H groups in total. The molecule has 0 amide bonds. The lowest BCUT2D eigenvalue weighted by atomic mass is 9.96. The number of benzene rings is 8. The van der Waals surface area contributed by atoms with Crippen molar-refractivity contribution in [3.05, 3.63) is 182 Å². The smallest absolute Gasteiger partial charge is 0.227 e. The van der Waals surface area contributed by atoms with Gasteiger partial charge in [0, 0.05) is 47.8 Å². The lowest BCUT2D eigenvalue weighted by molar-refractivity contribution is 0.623. The Morgan fingerprint density at radius 2 is 0.982 bits per heavy atom. The monoisotopic (exact) mass is 734 g/mol. The minimum absolute atomic E-state index is 0.612. The summed E-state index contributed by atoms with van der Waals surface area (Å²) in [7, 11) is 0. The van der Waals surface area contributed by atoms with Crippen molar-refractivity contribution in [2.24, 2.45) is 0 Å². The molecule has 3 aromatic heterocycles. The third kappa shape index (κ3) is 5.63. The highest BCUT2D eigenvalue weighted by molar-refractivity contribution is 7.25. The van der Waals surface area contributed by atoms with Crippen LogP contribution in [0.15, 0.2) is 186 Å². The Balaban J connectivity index is 1.03. The first-order valence-electron chi connectivity index (χ1n) is 18.5.